The predicted molar refractivity (Wildman–Crippen MR) is 159 cm³/mol. The molecule has 0 aliphatic heterocycles. The van der Waals surface area contributed by atoms with E-state index in [1.807, 2.05) is 60.9 Å². The maximum absolute atomic E-state index is 4.52. The molecule has 38 heavy (non-hydrogen) atoms. The SMILES string of the molecule is CC(C)(c1ccccc1)c1cc[c-]c(-c2ccccn2)c1.C[Si](C)(C)c1ccc(-c2[c-]cccc2)nc1.[Ir]. The van der Waals surface area contributed by atoms with Crippen molar-refractivity contribution in [3.8, 4) is 22.5 Å². The van der Waals surface area contributed by atoms with E-state index in [9.17, 15) is 0 Å². The minimum absolute atomic E-state index is 0. The third-order valence-electron chi connectivity index (χ3n) is 6.57. The van der Waals surface area contributed by atoms with Crippen LogP contribution in [0.5, 0.6) is 0 Å². The zero-order valence-corrected chi connectivity index (χ0v) is 26.1. The van der Waals surface area contributed by atoms with Crippen molar-refractivity contribution < 1.29 is 20.1 Å². The number of rotatable bonds is 5. The van der Waals surface area contributed by atoms with E-state index in [1.165, 1.54) is 16.3 Å². The largest absolute Gasteiger partial charge is 0.305 e. The Bertz CT molecular complexity index is 1400. The van der Waals surface area contributed by atoms with E-state index in [2.05, 4.69) is 110 Å². The molecule has 1 radical (unpaired) electrons. The molecule has 0 amide bonds. The van der Waals surface area contributed by atoms with Crippen LogP contribution in [0.3, 0.4) is 0 Å². The van der Waals surface area contributed by atoms with Crippen LogP contribution in [0.2, 0.25) is 19.6 Å². The summed E-state index contributed by atoms with van der Waals surface area (Å²) in [6.45, 7) is 11.5. The van der Waals surface area contributed by atoms with Crippen molar-refractivity contribution in [2.24, 2.45) is 0 Å². The van der Waals surface area contributed by atoms with E-state index in [-0.39, 0.29) is 25.5 Å². The number of pyridine rings is 2. The van der Waals surface area contributed by atoms with Crippen molar-refractivity contribution >= 4 is 13.3 Å². The van der Waals surface area contributed by atoms with E-state index < -0.39 is 8.07 Å². The maximum atomic E-state index is 4.52. The Morgan fingerprint density at radius 3 is 1.92 bits per heavy atom. The van der Waals surface area contributed by atoms with Crippen LogP contribution in [-0.2, 0) is 25.5 Å². The first kappa shape index (κ1) is 29.4. The third kappa shape index (κ3) is 7.45. The normalized spacial score (nSPS) is 11.1. The number of hydrogen-bond acceptors (Lipinski definition) is 2. The minimum Gasteiger partial charge on any atom is -0.305 e. The van der Waals surface area contributed by atoms with E-state index in [0.29, 0.717) is 0 Å². The number of aromatic nitrogens is 2. The van der Waals surface area contributed by atoms with Crippen LogP contribution in [0, 0.1) is 12.1 Å². The molecule has 3 aromatic carbocycles. The van der Waals surface area contributed by atoms with Gasteiger partial charge in [0.25, 0.3) is 0 Å². The maximum Gasteiger partial charge on any atom is 0.0795 e. The zero-order chi connectivity index (χ0) is 26.3. The molecule has 0 bridgehead atoms. The standard InChI is InChI=1S/C20H18N.C14H16NSi.Ir/c1-20(2,17-10-4-3-5-11-17)18-12-8-9-16(15-18)19-13-6-7-14-21-19;1-16(2,3)13-9-10-14(15-11-13)12-7-5-4-6-8-12;/h3-8,10-15H,1-2H3;4-7,9-11H,1-3H3;/q2*-1;. The molecule has 0 spiro atoms. The van der Waals surface area contributed by atoms with Gasteiger partial charge in [-0.25, -0.2) is 0 Å². The van der Waals surface area contributed by atoms with Crippen LogP contribution in [0.15, 0.2) is 116 Å². The Kier molecular flexibility index (Phi) is 10.1. The summed E-state index contributed by atoms with van der Waals surface area (Å²) in [7, 11) is -1.23. The predicted octanol–water partition coefficient (Wildman–Crippen LogP) is 7.97. The molecule has 0 saturated carbocycles. The number of nitrogens with zero attached hydrogens (tertiary/aromatic N) is 2. The molecular formula is C34H34IrN2Si-2. The third-order valence-corrected chi connectivity index (χ3v) is 8.60. The van der Waals surface area contributed by atoms with E-state index in [1.54, 1.807) is 0 Å². The Hall–Kier alpha value is -3.17. The summed E-state index contributed by atoms with van der Waals surface area (Å²) < 4.78 is 0. The molecule has 0 atom stereocenters. The summed E-state index contributed by atoms with van der Waals surface area (Å²) in [5.41, 5.74) is 6.60. The van der Waals surface area contributed by atoms with Gasteiger partial charge in [-0.15, -0.1) is 71.3 Å². The van der Waals surface area contributed by atoms with Crippen molar-refractivity contribution in [3.63, 3.8) is 0 Å². The van der Waals surface area contributed by atoms with Gasteiger partial charge < -0.3 is 9.97 Å². The van der Waals surface area contributed by atoms with Crippen LogP contribution < -0.4 is 5.19 Å². The van der Waals surface area contributed by atoms with Crippen LogP contribution >= 0.6 is 0 Å². The van der Waals surface area contributed by atoms with Crippen LogP contribution in [0.1, 0.15) is 25.0 Å². The van der Waals surface area contributed by atoms with Crippen molar-refractivity contribution in [1.29, 1.82) is 0 Å². The van der Waals surface area contributed by atoms with E-state index in [0.717, 1.165) is 22.5 Å². The van der Waals surface area contributed by atoms with Gasteiger partial charge in [0.1, 0.15) is 0 Å². The molecule has 0 unspecified atom stereocenters. The number of benzene rings is 3. The summed E-state index contributed by atoms with van der Waals surface area (Å²) >= 11 is 0. The topological polar surface area (TPSA) is 25.8 Å². The summed E-state index contributed by atoms with van der Waals surface area (Å²) in [5.74, 6) is 0. The van der Waals surface area contributed by atoms with Gasteiger partial charge in [0, 0.05) is 32.5 Å². The summed E-state index contributed by atoms with van der Waals surface area (Å²) in [6.07, 6.45) is 3.83. The Morgan fingerprint density at radius 2 is 1.32 bits per heavy atom. The molecule has 0 saturated heterocycles. The van der Waals surface area contributed by atoms with E-state index in [4.69, 9.17) is 0 Å². The monoisotopic (exact) mass is 691 g/mol. The first-order chi connectivity index (χ1) is 17.7. The molecule has 0 N–H and O–H groups in total. The second kappa shape index (κ2) is 13.1. The van der Waals surface area contributed by atoms with Crippen LogP contribution in [0.25, 0.3) is 22.5 Å². The Balaban J connectivity index is 0.000000213. The second-order valence-electron chi connectivity index (χ2n) is 10.7. The first-order valence-electron chi connectivity index (χ1n) is 12.7. The Morgan fingerprint density at radius 1 is 0.632 bits per heavy atom. The van der Waals surface area contributed by atoms with Gasteiger partial charge in [0.2, 0.25) is 0 Å². The van der Waals surface area contributed by atoms with Crippen molar-refractivity contribution in [3.05, 3.63) is 139 Å². The fourth-order valence-corrected chi connectivity index (χ4v) is 5.13. The quantitative estimate of drug-likeness (QED) is 0.138. The molecule has 2 aromatic heterocycles. The summed E-state index contributed by atoms with van der Waals surface area (Å²) in [6, 6.07) is 41.6. The second-order valence-corrected chi connectivity index (χ2v) is 15.7. The summed E-state index contributed by atoms with van der Waals surface area (Å²) in [4.78, 5) is 8.93. The van der Waals surface area contributed by atoms with Gasteiger partial charge in [-0.1, -0.05) is 88.1 Å². The van der Waals surface area contributed by atoms with Crippen molar-refractivity contribution in [1.82, 2.24) is 9.97 Å². The molecule has 4 heteroatoms. The smallest absolute Gasteiger partial charge is 0.0795 e. The molecule has 0 aliphatic carbocycles. The van der Waals surface area contributed by atoms with Gasteiger partial charge >= 0.3 is 0 Å². The fourth-order valence-electron chi connectivity index (χ4n) is 4.10. The Labute approximate surface area is 242 Å². The van der Waals surface area contributed by atoms with Crippen molar-refractivity contribution in [2.45, 2.75) is 38.9 Å². The van der Waals surface area contributed by atoms with Crippen LogP contribution in [-0.4, -0.2) is 18.0 Å². The van der Waals surface area contributed by atoms with Gasteiger partial charge in [-0.2, -0.15) is 0 Å². The minimum atomic E-state index is -1.23. The molecule has 5 rings (SSSR count). The molecule has 2 nitrogen and oxygen atoms in total. The average molecular weight is 691 g/mol. The van der Waals surface area contributed by atoms with Gasteiger partial charge in [-0.3, -0.25) is 0 Å². The molecule has 5 aromatic rings. The summed E-state index contributed by atoms with van der Waals surface area (Å²) in [5, 5.41) is 1.40. The van der Waals surface area contributed by atoms with Gasteiger partial charge in [-0.05, 0) is 33.6 Å². The molecule has 2 heterocycles. The van der Waals surface area contributed by atoms with Gasteiger partial charge in [0.15, 0.2) is 0 Å². The molecule has 195 valence electrons. The van der Waals surface area contributed by atoms with Crippen LogP contribution in [0.4, 0.5) is 0 Å². The van der Waals surface area contributed by atoms with Gasteiger partial charge in [0.05, 0.1) is 8.07 Å². The first-order valence-corrected chi connectivity index (χ1v) is 16.2. The molecule has 0 aliphatic rings. The van der Waals surface area contributed by atoms with E-state index >= 15 is 0 Å². The molecule has 0 fully saturated rings. The number of hydrogen-bond donors (Lipinski definition) is 0. The molecular weight excluding hydrogens is 657 g/mol. The zero-order valence-electron chi connectivity index (χ0n) is 22.7. The average Bonchev–Trinajstić information content (AvgIpc) is 2.94. The fraction of sp³-hybridized carbons (Fsp3) is 0.176. The van der Waals surface area contributed by atoms with Crippen molar-refractivity contribution in [2.75, 3.05) is 0 Å².